The predicted octanol–water partition coefficient (Wildman–Crippen LogP) is 2.89. The average Bonchev–Trinajstić information content (AvgIpc) is 2.65. The van der Waals surface area contributed by atoms with Crippen molar-refractivity contribution >= 4 is 22.6 Å². The van der Waals surface area contributed by atoms with Gasteiger partial charge in [-0.05, 0) is 42.0 Å². The first-order chi connectivity index (χ1) is 12.1. The fourth-order valence-electron chi connectivity index (χ4n) is 3.24. The number of anilines is 1. The molecule has 0 aliphatic carbocycles. The van der Waals surface area contributed by atoms with Crippen molar-refractivity contribution in [3.05, 3.63) is 65.5 Å². The molecule has 5 nitrogen and oxygen atoms in total. The Kier molecular flexibility index (Phi) is 3.84. The maximum absolute atomic E-state index is 12.9. The SMILES string of the molecule is CN(C)c1cccc(C(=O)N2CCc3nc4ncccc4cc3C2)c1. The van der Waals surface area contributed by atoms with Crippen LogP contribution in [-0.2, 0) is 13.0 Å². The third-order valence-electron chi connectivity index (χ3n) is 4.63. The first kappa shape index (κ1) is 15.6. The molecule has 0 fully saturated rings. The lowest BCUT2D eigenvalue weighted by molar-refractivity contribution is 0.0734. The van der Waals surface area contributed by atoms with E-state index in [0.717, 1.165) is 40.0 Å². The Morgan fingerprint density at radius 2 is 2.04 bits per heavy atom. The van der Waals surface area contributed by atoms with Crippen molar-refractivity contribution in [2.45, 2.75) is 13.0 Å². The second-order valence-corrected chi connectivity index (χ2v) is 6.57. The molecule has 1 aliphatic rings. The second-order valence-electron chi connectivity index (χ2n) is 6.57. The monoisotopic (exact) mass is 332 g/mol. The molecule has 5 heteroatoms. The zero-order valence-electron chi connectivity index (χ0n) is 14.4. The van der Waals surface area contributed by atoms with Crippen LogP contribution in [-0.4, -0.2) is 41.4 Å². The molecule has 0 spiro atoms. The summed E-state index contributed by atoms with van der Waals surface area (Å²) in [5, 5.41) is 1.02. The van der Waals surface area contributed by atoms with Crippen LogP contribution in [0.2, 0.25) is 0 Å². The van der Waals surface area contributed by atoms with Gasteiger partial charge in [-0.25, -0.2) is 9.97 Å². The van der Waals surface area contributed by atoms with Crippen molar-refractivity contribution in [1.29, 1.82) is 0 Å². The minimum absolute atomic E-state index is 0.0700. The zero-order chi connectivity index (χ0) is 17.4. The highest BCUT2D eigenvalue weighted by Gasteiger charge is 2.23. The van der Waals surface area contributed by atoms with Gasteiger partial charge in [-0.1, -0.05) is 6.07 Å². The molecule has 25 heavy (non-hydrogen) atoms. The fourth-order valence-corrected chi connectivity index (χ4v) is 3.24. The van der Waals surface area contributed by atoms with E-state index in [0.29, 0.717) is 13.1 Å². The van der Waals surface area contributed by atoms with Crippen LogP contribution in [0, 0.1) is 0 Å². The molecular formula is C20H20N4O. The van der Waals surface area contributed by atoms with Gasteiger partial charge < -0.3 is 9.80 Å². The van der Waals surface area contributed by atoms with Gasteiger partial charge in [-0.3, -0.25) is 4.79 Å². The summed E-state index contributed by atoms with van der Waals surface area (Å²) in [4.78, 5) is 25.8. The summed E-state index contributed by atoms with van der Waals surface area (Å²) < 4.78 is 0. The summed E-state index contributed by atoms with van der Waals surface area (Å²) in [6.45, 7) is 1.28. The molecule has 0 saturated heterocycles. The molecule has 1 aliphatic heterocycles. The first-order valence-corrected chi connectivity index (χ1v) is 8.42. The Balaban J connectivity index is 1.62. The molecule has 3 aromatic rings. The van der Waals surface area contributed by atoms with Gasteiger partial charge >= 0.3 is 0 Å². The molecule has 0 bridgehead atoms. The zero-order valence-corrected chi connectivity index (χ0v) is 14.4. The number of rotatable bonds is 2. The minimum Gasteiger partial charge on any atom is -0.378 e. The topological polar surface area (TPSA) is 49.3 Å². The maximum atomic E-state index is 12.9. The van der Waals surface area contributed by atoms with E-state index in [1.165, 1.54) is 0 Å². The number of carbonyl (C=O) groups excluding carboxylic acids is 1. The lowest BCUT2D eigenvalue weighted by Crippen LogP contribution is -2.36. The van der Waals surface area contributed by atoms with Crippen molar-refractivity contribution in [2.24, 2.45) is 0 Å². The van der Waals surface area contributed by atoms with E-state index in [9.17, 15) is 4.79 Å². The molecule has 126 valence electrons. The normalized spacial score (nSPS) is 13.6. The van der Waals surface area contributed by atoms with Crippen molar-refractivity contribution in [3.8, 4) is 0 Å². The number of carbonyl (C=O) groups is 1. The summed E-state index contributed by atoms with van der Waals surface area (Å²) >= 11 is 0. The molecule has 2 aromatic heterocycles. The minimum atomic E-state index is 0.0700. The molecule has 1 aromatic carbocycles. The fraction of sp³-hybridized carbons (Fsp3) is 0.250. The van der Waals surface area contributed by atoms with Crippen LogP contribution in [0.15, 0.2) is 48.7 Å². The highest BCUT2D eigenvalue weighted by Crippen LogP contribution is 2.23. The van der Waals surface area contributed by atoms with E-state index in [2.05, 4.69) is 16.0 Å². The van der Waals surface area contributed by atoms with Gasteiger partial charge in [0, 0.05) is 62.1 Å². The second kappa shape index (κ2) is 6.16. The maximum Gasteiger partial charge on any atom is 0.254 e. The van der Waals surface area contributed by atoms with E-state index in [4.69, 9.17) is 0 Å². The molecule has 3 heterocycles. The molecular weight excluding hydrogens is 312 g/mol. The number of hydrogen-bond acceptors (Lipinski definition) is 4. The van der Waals surface area contributed by atoms with Crippen LogP contribution >= 0.6 is 0 Å². The lowest BCUT2D eigenvalue weighted by Gasteiger charge is -2.29. The van der Waals surface area contributed by atoms with Gasteiger partial charge in [-0.15, -0.1) is 0 Å². The standard InChI is InChI=1S/C20H20N4O/c1-23(2)17-7-3-5-15(12-17)20(25)24-10-8-18-16(13-24)11-14-6-4-9-21-19(14)22-18/h3-7,9,11-12H,8,10,13H2,1-2H3. The number of fused-ring (bicyclic) bond motifs is 2. The van der Waals surface area contributed by atoms with E-state index >= 15 is 0 Å². The number of amides is 1. The number of aromatic nitrogens is 2. The highest BCUT2D eigenvalue weighted by molar-refractivity contribution is 5.95. The summed E-state index contributed by atoms with van der Waals surface area (Å²) in [7, 11) is 3.96. The lowest BCUT2D eigenvalue weighted by atomic mass is 10.0. The van der Waals surface area contributed by atoms with Crippen LogP contribution in [0.5, 0.6) is 0 Å². The van der Waals surface area contributed by atoms with E-state index < -0.39 is 0 Å². The van der Waals surface area contributed by atoms with Crippen LogP contribution in [0.1, 0.15) is 21.6 Å². The van der Waals surface area contributed by atoms with Crippen molar-refractivity contribution < 1.29 is 4.79 Å². The van der Waals surface area contributed by atoms with Crippen LogP contribution < -0.4 is 4.90 Å². The molecule has 1 amide bonds. The van der Waals surface area contributed by atoms with Crippen molar-refractivity contribution in [3.63, 3.8) is 0 Å². The molecule has 0 saturated carbocycles. The van der Waals surface area contributed by atoms with Gasteiger partial charge in [0.2, 0.25) is 0 Å². The van der Waals surface area contributed by atoms with Gasteiger partial charge in [0.1, 0.15) is 0 Å². The van der Waals surface area contributed by atoms with E-state index in [1.54, 1.807) is 6.20 Å². The summed E-state index contributed by atoms with van der Waals surface area (Å²) in [6, 6.07) is 13.8. The highest BCUT2D eigenvalue weighted by atomic mass is 16.2. The molecule has 0 radical (unpaired) electrons. The van der Waals surface area contributed by atoms with Crippen LogP contribution in [0.4, 0.5) is 5.69 Å². The van der Waals surface area contributed by atoms with Gasteiger partial charge in [0.05, 0.1) is 0 Å². The number of pyridine rings is 2. The molecule has 4 rings (SSSR count). The third kappa shape index (κ3) is 2.93. The number of hydrogen-bond donors (Lipinski definition) is 0. The smallest absolute Gasteiger partial charge is 0.254 e. The summed E-state index contributed by atoms with van der Waals surface area (Å²) in [5.41, 5.74) is 4.70. The quantitative estimate of drug-likeness (QED) is 0.724. The van der Waals surface area contributed by atoms with E-state index in [-0.39, 0.29) is 5.91 Å². The van der Waals surface area contributed by atoms with Gasteiger partial charge in [0.25, 0.3) is 5.91 Å². The van der Waals surface area contributed by atoms with Crippen molar-refractivity contribution in [1.82, 2.24) is 14.9 Å². The third-order valence-corrected chi connectivity index (χ3v) is 4.63. The molecule has 0 N–H and O–H groups in total. The Hall–Kier alpha value is -2.95. The molecule has 0 unspecified atom stereocenters. The Labute approximate surface area is 146 Å². The number of benzene rings is 1. The Morgan fingerprint density at radius 1 is 1.16 bits per heavy atom. The number of nitrogens with zero attached hydrogens (tertiary/aromatic N) is 4. The summed E-state index contributed by atoms with van der Waals surface area (Å²) in [6.07, 6.45) is 2.53. The average molecular weight is 332 g/mol. The van der Waals surface area contributed by atoms with Gasteiger partial charge in [-0.2, -0.15) is 0 Å². The van der Waals surface area contributed by atoms with Gasteiger partial charge in [0.15, 0.2) is 5.65 Å². The Morgan fingerprint density at radius 3 is 2.88 bits per heavy atom. The summed E-state index contributed by atoms with van der Waals surface area (Å²) in [5.74, 6) is 0.0700. The molecule has 0 atom stereocenters. The van der Waals surface area contributed by atoms with Crippen LogP contribution in [0.3, 0.4) is 0 Å². The van der Waals surface area contributed by atoms with Crippen molar-refractivity contribution in [2.75, 3.05) is 25.5 Å². The largest absolute Gasteiger partial charge is 0.378 e. The Bertz CT molecular complexity index is 951. The van der Waals surface area contributed by atoms with Crippen LogP contribution in [0.25, 0.3) is 11.0 Å². The van der Waals surface area contributed by atoms with E-state index in [1.807, 2.05) is 60.3 Å². The first-order valence-electron chi connectivity index (χ1n) is 8.42. The predicted molar refractivity (Wildman–Crippen MR) is 98.8 cm³/mol.